The fraction of sp³-hybridized carbons (Fsp3) is 0.0833. The van der Waals surface area contributed by atoms with Crippen molar-refractivity contribution in [3.63, 3.8) is 0 Å². The van der Waals surface area contributed by atoms with Gasteiger partial charge in [0.1, 0.15) is 11.8 Å². The molecule has 3 nitrogen and oxygen atoms in total. The predicted octanol–water partition coefficient (Wildman–Crippen LogP) is 2.16. The van der Waals surface area contributed by atoms with Gasteiger partial charge in [-0.25, -0.2) is 0 Å². The molecule has 0 saturated heterocycles. The van der Waals surface area contributed by atoms with Crippen LogP contribution in [0.1, 0.15) is 22.2 Å². The lowest BCUT2D eigenvalue weighted by molar-refractivity contribution is 0.0952. The summed E-state index contributed by atoms with van der Waals surface area (Å²) in [6.45, 7) is 0. The van der Waals surface area contributed by atoms with Gasteiger partial charge in [-0.2, -0.15) is 0 Å². The number of carbonyl (C=O) groups is 1. The molecule has 1 aromatic carbocycles. The second-order valence-electron chi connectivity index (χ2n) is 3.22. The van der Waals surface area contributed by atoms with Crippen LogP contribution in [0.25, 0.3) is 0 Å². The van der Waals surface area contributed by atoms with E-state index < -0.39 is 6.04 Å². The van der Waals surface area contributed by atoms with Crippen LogP contribution < -0.4 is 5.73 Å². The summed E-state index contributed by atoms with van der Waals surface area (Å²) in [6.07, 6.45) is 1.51. The largest absolute Gasteiger partial charge is 0.467 e. The van der Waals surface area contributed by atoms with Crippen molar-refractivity contribution in [2.75, 3.05) is 0 Å². The van der Waals surface area contributed by atoms with E-state index >= 15 is 0 Å². The van der Waals surface area contributed by atoms with E-state index in [1.54, 1.807) is 24.3 Å². The summed E-state index contributed by atoms with van der Waals surface area (Å²) >= 11 is 0. The maximum Gasteiger partial charge on any atom is 0.187 e. The number of furan rings is 1. The average molecular weight is 201 g/mol. The van der Waals surface area contributed by atoms with E-state index in [0.717, 1.165) is 0 Å². The Morgan fingerprint density at radius 3 is 2.47 bits per heavy atom. The molecule has 1 atom stereocenters. The van der Waals surface area contributed by atoms with Crippen molar-refractivity contribution < 1.29 is 9.21 Å². The Morgan fingerprint density at radius 1 is 1.13 bits per heavy atom. The summed E-state index contributed by atoms with van der Waals surface area (Å²) in [5.41, 5.74) is 6.37. The summed E-state index contributed by atoms with van der Waals surface area (Å²) in [4.78, 5) is 11.9. The molecular weight excluding hydrogens is 190 g/mol. The van der Waals surface area contributed by atoms with Crippen LogP contribution in [0.15, 0.2) is 53.1 Å². The Labute approximate surface area is 87.5 Å². The molecule has 0 aliphatic rings. The Morgan fingerprint density at radius 2 is 1.87 bits per heavy atom. The molecule has 15 heavy (non-hydrogen) atoms. The van der Waals surface area contributed by atoms with Gasteiger partial charge in [-0.3, -0.25) is 4.79 Å². The number of ketones is 1. The van der Waals surface area contributed by atoms with Gasteiger partial charge in [0.15, 0.2) is 5.78 Å². The number of hydrogen-bond donors (Lipinski definition) is 1. The van der Waals surface area contributed by atoms with Crippen LogP contribution in [0.5, 0.6) is 0 Å². The highest BCUT2D eigenvalue weighted by atomic mass is 16.3. The lowest BCUT2D eigenvalue weighted by Crippen LogP contribution is -2.20. The normalized spacial score (nSPS) is 12.3. The third-order valence-electron chi connectivity index (χ3n) is 2.19. The summed E-state index contributed by atoms with van der Waals surface area (Å²) in [6, 6.07) is 11.6. The highest BCUT2D eigenvalue weighted by Gasteiger charge is 2.19. The minimum atomic E-state index is -0.720. The van der Waals surface area contributed by atoms with Gasteiger partial charge in [0.25, 0.3) is 0 Å². The number of carbonyl (C=O) groups excluding carboxylic acids is 1. The van der Waals surface area contributed by atoms with Crippen molar-refractivity contribution in [3.8, 4) is 0 Å². The van der Waals surface area contributed by atoms with Crippen molar-refractivity contribution >= 4 is 5.78 Å². The smallest absolute Gasteiger partial charge is 0.187 e. The van der Waals surface area contributed by atoms with E-state index in [1.165, 1.54) is 6.26 Å². The lowest BCUT2D eigenvalue weighted by atomic mass is 10.0. The van der Waals surface area contributed by atoms with Crippen molar-refractivity contribution in [3.05, 3.63) is 60.1 Å². The second kappa shape index (κ2) is 4.11. The number of hydrogen-bond acceptors (Lipinski definition) is 3. The summed E-state index contributed by atoms with van der Waals surface area (Å²) in [5, 5.41) is 0. The topological polar surface area (TPSA) is 56.2 Å². The van der Waals surface area contributed by atoms with E-state index in [9.17, 15) is 4.79 Å². The zero-order chi connectivity index (χ0) is 10.7. The molecule has 1 heterocycles. The average Bonchev–Trinajstić information content (AvgIpc) is 2.82. The molecule has 3 heteroatoms. The Kier molecular flexibility index (Phi) is 2.65. The van der Waals surface area contributed by atoms with Gasteiger partial charge < -0.3 is 10.2 Å². The maximum atomic E-state index is 11.9. The van der Waals surface area contributed by atoms with Crippen LogP contribution in [0.3, 0.4) is 0 Å². The fourth-order valence-corrected chi connectivity index (χ4v) is 1.38. The van der Waals surface area contributed by atoms with Crippen molar-refractivity contribution in [1.29, 1.82) is 0 Å². The monoisotopic (exact) mass is 201 g/mol. The number of nitrogens with two attached hydrogens (primary N) is 1. The fourth-order valence-electron chi connectivity index (χ4n) is 1.38. The highest BCUT2D eigenvalue weighted by molar-refractivity contribution is 6.00. The third kappa shape index (κ3) is 1.97. The van der Waals surface area contributed by atoms with E-state index in [2.05, 4.69) is 0 Å². The van der Waals surface area contributed by atoms with Gasteiger partial charge in [-0.05, 0) is 12.1 Å². The van der Waals surface area contributed by atoms with E-state index in [4.69, 9.17) is 10.2 Å². The van der Waals surface area contributed by atoms with Gasteiger partial charge >= 0.3 is 0 Å². The molecular formula is C12H11NO2. The molecule has 0 saturated carbocycles. The molecule has 76 valence electrons. The quantitative estimate of drug-likeness (QED) is 0.774. The lowest BCUT2D eigenvalue weighted by Gasteiger charge is -2.06. The second-order valence-corrected chi connectivity index (χ2v) is 3.22. The van der Waals surface area contributed by atoms with Crippen LogP contribution in [0.2, 0.25) is 0 Å². The standard InChI is InChI=1S/C12H11NO2/c13-11(10-7-4-8-15-10)12(14)9-5-2-1-3-6-9/h1-8,11H,13H2. The first kappa shape index (κ1) is 9.68. The molecule has 0 aliphatic carbocycles. The van der Waals surface area contributed by atoms with Crippen LogP contribution in [-0.2, 0) is 0 Å². The SMILES string of the molecule is NC(C(=O)c1ccccc1)c1ccco1. The minimum Gasteiger partial charge on any atom is -0.467 e. The first-order chi connectivity index (χ1) is 7.29. The molecule has 2 N–H and O–H groups in total. The van der Waals surface area contributed by atoms with Gasteiger partial charge in [-0.15, -0.1) is 0 Å². The van der Waals surface area contributed by atoms with Gasteiger partial charge in [0.05, 0.1) is 6.26 Å². The van der Waals surface area contributed by atoms with Crippen LogP contribution in [0, 0.1) is 0 Å². The Bertz CT molecular complexity index is 434. The molecule has 0 spiro atoms. The van der Waals surface area contributed by atoms with Crippen molar-refractivity contribution in [2.24, 2.45) is 5.73 Å². The minimum absolute atomic E-state index is 0.134. The first-order valence-corrected chi connectivity index (χ1v) is 4.67. The zero-order valence-electron chi connectivity index (χ0n) is 8.09. The molecule has 0 radical (unpaired) electrons. The summed E-state index contributed by atoms with van der Waals surface area (Å²) in [5.74, 6) is 0.356. The first-order valence-electron chi connectivity index (χ1n) is 4.67. The third-order valence-corrected chi connectivity index (χ3v) is 2.19. The van der Waals surface area contributed by atoms with Crippen molar-refractivity contribution in [1.82, 2.24) is 0 Å². The summed E-state index contributed by atoms with van der Waals surface area (Å²) in [7, 11) is 0. The van der Waals surface area contributed by atoms with Gasteiger partial charge in [0, 0.05) is 5.56 Å². The number of benzene rings is 1. The Balaban J connectivity index is 2.23. The van der Waals surface area contributed by atoms with E-state index in [-0.39, 0.29) is 5.78 Å². The van der Waals surface area contributed by atoms with Crippen molar-refractivity contribution in [2.45, 2.75) is 6.04 Å². The molecule has 1 aromatic heterocycles. The van der Waals surface area contributed by atoms with E-state index in [1.807, 2.05) is 18.2 Å². The van der Waals surface area contributed by atoms with Gasteiger partial charge in [0.2, 0.25) is 0 Å². The molecule has 0 fully saturated rings. The van der Waals surface area contributed by atoms with E-state index in [0.29, 0.717) is 11.3 Å². The molecule has 0 aliphatic heterocycles. The van der Waals surface area contributed by atoms with Crippen LogP contribution >= 0.6 is 0 Å². The molecule has 0 bridgehead atoms. The molecule has 1 unspecified atom stereocenters. The summed E-state index contributed by atoms with van der Waals surface area (Å²) < 4.78 is 5.09. The Hall–Kier alpha value is -1.87. The number of rotatable bonds is 3. The highest BCUT2D eigenvalue weighted by Crippen LogP contribution is 2.16. The van der Waals surface area contributed by atoms with Gasteiger partial charge in [-0.1, -0.05) is 30.3 Å². The van der Waals surface area contributed by atoms with Crippen LogP contribution in [-0.4, -0.2) is 5.78 Å². The maximum absolute atomic E-state index is 11.9. The molecule has 0 amide bonds. The predicted molar refractivity (Wildman–Crippen MR) is 56.4 cm³/mol. The number of Topliss-reactive ketones (excluding diaryl/α,β-unsaturated/α-hetero) is 1. The molecule has 2 rings (SSSR count). The molecule has 2 aromatic rings. The van der Waals surface area contributed by atoms with Crippen LogP contribution in [0.4, 0.5) is 0 Å². The zero-order valence-corrected chi connectivity index (χ0v) is 8.09.